The van der Waals surface area contributed by atoms with Crippen LogP contribution in [0.15, 0.2) is 0 Å². The largest absolute Gasteiger partial charge is 0.467 e. The van der Waals surface area contributed by atoms with Crippen LogP contribution >= 0.6 is 0 Å². The van der Waals surface area contributed by atoms with Crippen LogP contribution in [0.3, 0.4) is 0 Å². The lowest BCUT2D eigenvalue weighted by Crippen LogP contribution is -2.47. The molecule has 0 amide bonds. The molecule has 1 fully saturated rings. The van der Waals surface area contributed by atoms with E-state index in [1.165, 1.54) is 26.9 Å². The summed E-state index contributed by atoms with van der Waals surface area (Å²) in [6.45, 7) is 3.82. The average molecular weight is 215 g/mol. The van der Waals surface area contributed by atoms with Crippen molar-refractivity contribution >= 4 is 5.97 Å². The standard InChI is InChI=1S/C11H21NO3/c1-11(14,10(13)15-2)9-12-7-5-3-4-6-8-12/h14H,3-9H2,1-2H3. The van der Waals surface area contributed by atoms with Gasteiger partial charge < -0.3 is 9.84 Å². The fourth-order valence-electron chi connectivity index (χ4n) is 2.01. The second-order valence-electron chi connectivity index (χ2n) is 4.46. The molecule has 1 unspecified atom stereocenters. The first-order valence-electron chi connectivity index (χ1n) is 5.59. The molecule has 1 rings (SSSR count). The number of aliphatic hydroxyl groups is 1. The number of ether oxygens (including phenoxy) is 1. The van der Waals surface area contributed by atoms with Crippen LogP contribution in [0.1, 0.15) is 32.6 Å². The Morgan fingerprint density at radius 3 is 2.33 bits per heavy atom. The summed E-state index contributed by atoms with van der Waals surface area (Å²) in [6, 6.07) is 0. The van der Waals surface area contributed by atoms with Crippen LogP contribution < -0.4 is 0 Å². The van der Waals surface area contributed by atoms with Gasteiger partial charge in [-0.2, -0.15) is 0 Å². The van der Waals surface area contributed by atoms with Crippen LogP contribution in [0, 0.1) is 0 Å². The van der Waals surface area contributed by atoms with E-state index >= 15 is 0 Å². The van der Waals surface area contributed by atoms with Gasteiger partial charge in [-0.15, -0.1) is 0 Å². The van der Waals surface area contributed by atoms with Crippen molar-refractivity contribution in [3.8, 4) is 0 Å². The maximum absolute atomic E-state index is 11.3. The Morgan fingerprint density at radius 2 is 1.87 bits per heavy atom. The van der Waals surface area contributed by atoms with Crippen molar-refractivity contribution in [1.82, 2.24) is 4.90 Å². The minimum atomic E-state index is -1.38. The molecule has 0 saturated carbocycles. The highest BCUT2D eigenvalue weighted by Crippen LogP contribution is 2.14. The first-order valence-corrected chi connectivity index (χ1v) is 5.59. The summed E-state index contributed by atoms with van der Waals surface area (Å²) >= 11 is 0. The number of esters is 1. The van der Waals surface area contributed by atoms with Crippen molar-refractivity contribution in [3.05, 3.63) is 0 Å². The minimum absolute atomic E-state index is 0.375. The Hall–Kier alpha value is -0.610. The lowest BCUT2D eigenvalue weighted by molar-refractivity contribution is -0.162. The summed E-state index contributed by atoms with van der Waals surface area (Å²) < 4.78 is 4.57. The van der Waals surface area contributed by atoms with Gasteiger partial charge in [0.05, 0.1) is 7.11 Å². The number of hydrogen-bond donors (Lipinski definition) is 1. The average Bonchev–Trinajstić information content (AvgIpc) is 2.44. The van der Waals surface area contributed by atoms with Crippen LogP contribution in [-0.2, 0) is 9.53 Å². The molecule has 88 valence electrons. The first kappa shape index (κ1) is 12.5. The van der Waals surface area contributed by atoms with E-state index in [1.807, 2.05) is 0 Å². The number of rotatable bonds is 3. The molecular weight excluding hydrogens is 194 g/mol. The molecule has 1 atom stereocenters. The van der Waals surface area contributed by atoms with Gasteiger partial charge in [-0.1, -0.05) is 12.8 Å². The maximum Gasteiger partial charge on any atom is 0.338 e. The molecule has 0 bridgehead atoms. The smallest absolute Gasteiger partial charge is 0.338 e. The summed E-state index contributed by atoms with van der Waals surface area (Å²) in [5, 5.41) is 9.91. The highest BCUT2D eigenvalue weighted by atomic mass is 16.5. The molecule has 4 heteroatoms. The Bertz CT molecular complexity index is 208. The van der Waals surface area contributed by atoms with Crippen LogP contribution in [0.2, 0.25) is 0 Å². The predicted octanol–water partition coefficient (Wildman–Crippen LogP) is 0.786. The molecule has 0 aromatic heterocycles. The van der Waals surface area contributed by atoms with Gasteiger partial charge in [0.1, 0.15) is 0 Å². The van der Waals surface area contributed by atoms with Crippen molar-refractivity contribution < 1.29 is 14.6 Å². The van der Waals surface area contributed by atoms with Gasteiger partial charge in [-0.3, -0.25) is 4.90 Å². The number of nitrogens with zero attached hydrogens (tertiary/aromatic N) is 1. The number of carbonyl (C=O) groups is 1. The molecule has 1 aliphatic heterocycles. The Morgan fingerprint density at radius 1 is 1.33 bits per heavy atom. The van der Waals surface area contributed by atoms with E-state index in [0.717, 1.165) is 25.9 Å². The molecule has 1 saturated heterocycles. The Balaban J connectivity index is 2.47. The third kappa shape index (κ3) is 3.80. The zero-order valence-electron chi connectivity index (χ0n) is 9.66. The topological polar surface area (TPSA) is 49.8 Å². The minimum Gasteiger partial charge on any atom is -0.467 e. The fraction of sp³-hybridized carbons (Fsp3) is 0.909. The molecule has 0 aromatic rings. The van der Waals surface area contributed by atoms with Crippen molar-refractivity contribution in [1.29, 1.82) is 0 Å². The van der Waals surface area contributed by atoms with Crippen LogP contribution in [0.25, 0.3) is 0 Å². The van der Waals surface area contributed by atoms with E-state index in [1.54, 1.807) is 0 Å². The normalized spacial score (nSPS) is 22.9. The zero-order chi connectivity index (χ0) is 11.3. The summed E-state index contributed by atoms with van der Waals surface area (Å²) in [4.78, 5) is 13.4. The second kappa shape index (κ2) is 5.47. The molecular formula is C11H21NO3. The highest BCUT2D eigenvalue weighted by molar-refractivity contribution is 5.78. The molecule has 1 aliphatic rings. The van der Waals surface area contributed by atoms with Crippen molar-refractivity contribution in [2.24, 2.45) is 0 Å². The molecule has 0 aliphatic carbocycles. The summed E-state index contributed by atoms with van der Waals surface area (Å²) in [7, 11) is 1.30. The van der Waals surface area contributed by atoms with Crippen LogP contribution in [0.5, 0.6) is 0 Å². The van der Waals surface area contributed by atoms with Crippen molar-refractivity contribution in [2.45, 2.75) is 38.2 Å². The van der Waals surface area contributed by atoms with E-state index in [-0.39, 0.29) is 0 Å². The van der Waals surface area contributed by atoms with E-state index in [0.29, 0.717) is 6.54 Å². The third-order valence-electron chi connectivity index (χ3n) is 2.86. The molecule has 4 nitrogen and oxygen atoms in total. The summed E-state index contributed by atoms with van der Waals surface area (Å²) in [5.74, 6) is -0.549. The summed E-state index contributed by atoms with van der Waals surface area (Å²) in [5.41, 5.74) is -1.38. The number of β-amino-alcohol motifs (C(OH)–C–C–N with tert-alkyl or cyclic N) is 1. The van der Waals surface area contributed by atoms with E-state index in [2.05, 4.69) is 9.64 Å². The van der Waals surface area contributed by atoms with Gasteiger partial charge in [-0.25, -0.2) is 4.79 Å². The first-order chi connectivity index (χ1) is 7.06. The Kier molecular flexibility index (Phi) is 4.54. The molecule has 1 N–H and O–H groups in total. The second-order valence-corrected chi connectivity index (χ2v) is 4.46. The van der Waals surface area contributed by atoms with Gasteiger partial charge >= 0.3 is 5.97 Å². The molecule has 0 radical (unpaired) electrons. The number of likely N-dealkylation sites (tertiary alicyclic amines) is 1. The zero-order valence-corrected chi connectivity index (χ0v) is 9.66. The molecule has 0 aromatic carbocycles. The molecule has 1 heterocycles. The third-order valence-corrected chi connectivity index (χ3v) is 2.86. The van der Waals surface area contributed by atoms with Crippen LogP contribution in [0.4, 0.5) is 0 Å². The van der Waals surface area contributed by atoms with Gasteiger partial charge in [0.2, 0.25) is 0 Å². The predicted molar refractivity (Wildman–Crippen MR) is 57.5 cm³/mol. The van der Waals surface area contributed by atoms with Gasteiger partial charge in [0, 0.05) is 6.54 Å². The fourth-order valence-corrected chi connectivity index (χ4v) is 2.01. The van der Waals surface area contributed by atoms with Crippen LogP contribution in [-0.4, -0.2) is 48.3 Å². The van der Waals surface area contributed by atoms with Gasteiger partial charge in [0.25, 0.3) is 0 Å². The van der Waals surface area contributed by atoms with E-state index in [9.17, 15) is 9.90 Å². The molecule has 15 heavy (non-hydrogen) atoms. The van der Waals surface area contributed by atoms with Crippen molar-refractivity contribution in [3.63, 3.8) is 0 Å². The number of carbonyl (C=O) groups excluding carboxylic acids is 1. The van der Waals surface area contributed by atoms with Gasteiger partial charge in [-0.05, 0) is 32.9 Å². The lowest BCUT2D eigenvalue weighted by atomic mass is 10.1. The van der Waals surface area contributed by atoms with E-state index in [4.69, 9.17) is 0 Å². The monoisotopic (exact) mass is 215 g/mol. The highest BCUT2D eigenvalue weighted by Gasteiger charge is 2.33. The SMILES string of the molecule is COC(=O)C(C)(O)CN1CCCCCC1. The summed E-state index contributed by atoms with van der Waals surface area (Å²) in [6.07, 6.45) is 4.79. The van der Waals surface area contributed by atoms with E-state index < -0.39 is 11.6 Å². The lowest BCUT2D eigenvalue weighted by Gasteiger charge is -2.28. The number of methoxy groups -OCH3 is 1. The molecule has 0 spiro atoms. The van der Waals surface area contributed by atoms with Crippen molar-refractivity contribution in [2.75, 3.05) is 26.7 Å². The number of hydrogen-bond acceptors (Lipinski definition) is 4. The quantitative estimate of drug-likeness (QED) is 0.707. The van der Waals surface area contributed by atoms with Gasteiger partial charge in [0.15, 0.2) is 5.60 Å². The maximum atomic E-state index is 11.3. The Labute approximate surface area is 91.2 Å².